The number of amides is 1. The van der Waals surface area contributed by atoms with Crippen molar-refractivity contribution < 1.29 is 37.1 Å². The van der Waals surface area contributed by atoms with E-state index in [2.05, 4.69) is 14.9 Å². The Balaban J connectivity index is 1.76. The molecular formula is C22H16Cl2N3O10PS. The third-order valence-electron chi connectivity index (χ3n) is 5.07. The van der Waals surface area contributed by atoms with E-state index in [9.17, 15) is 27.4 Å². The second-order valence-corrected chi connectivity index (χ2v) is 11.6. The molecule has 0 fully saturated rings. The van der Waals surface area contributed by atoms with Gasteiger partial charge in [-0.25, -0.2) is 17.8 Å². The minimum atomic E-state index is -4.94. The van der Waals surface area contributed by atoms with Gasteiger partial charge >= 0.3 is 13.5 Å². The van der Waals surface area contributed by atoms with Gasteiger partial charge in [-0.1, -0.05) is 33.9 Å². The van der Waals surface area contributed by atoms with Gasteiger partial charge in [0.05, 0.1) is 15.8 Å². The van der Waals surface area contributed by atoms with Gasteiger partial charge in [0, 0.05) is 21.8 Å². The molecule has 17 heteroatoms. The lowest BCUT2D eigenvalue weighted by atomic mass is 10.2. The Labute approximate surface area is 229 Å². The molecule has 0 aliphatic rings. The van der Waals surface area contributed by atoms with Crippen molar-refractivity contribution in [2.45, 2.75) is 11.4 Å². The molecule has 4 rings (SSSR count). The summed E-state index contributed by atoms with van der Waals surface area (Å²) in [4.78, 5) is 61.1. The van der Waals surface area contributed by atoms with Gasteiger partial charge in [-0.2, -0.15) is 0 Å². The summed E-state index contributed by atoms with van der Waals surface area (Å²) >= 11 is 11.9. The fourth-order valence-electron chi connectivity index (χ4n) is 3.46. The summed E-state index contributed by atoms with van der Waals surface area (Å²) in [6.07, 6.45) is 0. The lowest BCUT2D eigenvalue weighted by Gasteiger charge is -2.15. The number of rotatable bonds is 8. The predicted octanol–water partition coefficient (Wildman–Crippen LogP) is 2.75. The minimum absolute atomic E-state index is 0.0492. The first-order chi connectivity index (χ1) is 18.3. The zero-order valence-corrected chi connectivity index (χ0v) is 22.4. The Morgan fingerprint density at radius 3 is 2.31 bits per heavy atom. The number of aromatic nitrogens is 2. The van der Waals surface area contributed by atoms with Gasteiger partial charge < -0.3 is 20.0 Å². The van der Waals surface area contributed by atoms with Crippen LogP contribution in [0.25, 0.3) is 10.9 Å². The highest BCUT2D eigenvalue weighted by Crippen LogP contribution is 2.36. The van der Waals surface area contributed by atoms with Gasteiger partial charge in [0.15, 0.2) is 5.75 Å². The molecule has 0 saturated carbocycles. The van der Waals surface area contributed by atoms with Crippen molar-refractivity contribution in [1.82, 2.24) is 8.54 Å². The smallest absolute Gasteiger partial charge is 0.327 e. The number of nitrogens with one attached hydrogen (secondary N) is 1. The summed E-state index contributed by atoms with van der Waals surface area (Å²) in [6.45, 7) is -0.754. The molecule has 0 saturated heterocycles. The largest absolute Gasteiger partial charge is 0.505 e. The van der Waals surface area contributed by atoms with E-state index in [1.807, 2.05) is 0 Å². The second-order valence-electron chi connectivity index (χ2n) is 7.78. The Bertz CT molecular complexity index is 1870. The Morgan fingerprint density at radius 1 is 0.974 bits per heavy atom. The van der Waals surface area contributed by atoms with E-state index in [-0.39, 0.29) is 41.3 Å². The third-order valence-corrected chi connectivity index (χ3v) is 7.50. The molecule has 0 atom stereocenters. The summed E-state index contributed by atoms with van der Waals surface area (Å²) in [7, 11) is -9.65. The van der Waals surface area contributed by atoms with Gasteiger partial charge in [0.2, 0.25) is 5.91 Å². The number of anilines is 1. The average Bonchev–Trinajstić information content (AvgIpc) is 2.85. The Kier molecular flexibility index (Phi) is 8.00. The van der Waals surface area contributed by atoms with Crippen molar-refractivity contribution in [1.29, 1.82) is 0 Å². The summed E-state index contributed by atoms with van der Waals surface area (Å²) in [5.74, 6) is -1.01. The van der Waals surface area contributed by atoms with Crippen LogP contribution < -0.4 is 21.5 Å². The second kappa shape index (κ2) is 10.9. The van der Waals surface area contributed by atoms with Crippen LogP contribution in [0.2, 0.25) is 10.0 Å². The summed E-state index contributed by atoms with van der Waals surface area (Å²) in [5.41, 5.74) is -2.49. The molecule has 1 aromatic heterocycles. The number of carbonyl (C=O) groups is 1. The van der Waals surface area contributed by atoms with E-state index in [1.165, 1.54) is 48.5 Å². The summed E-state index contributed by atoms with van der Waals surface area (Å²) in [5, 5.41) is 2.58. The van der Waals surface area contributed by atoms with Crippen LogP contribution in [-0.4, -0.2) is 32.7 Å². The van der Waals surface area contributed by atoms with Crippen LogP contribution >= 0.6 is 31.0 Å². The number of hydrogen-bond donors (Lipinski definition) is 3. The van der Waals surface area contributed by atoms with Crippen molar-refractivity contribution in [3.8, 4) is 5.75 Å². The van der Waals surface area contributed by atoms with E-state index in [4.69, 9.17) is 33.0 Å². The molecular weight excluding hydrogens is 600 g/mol. The molecule has 0 bridgehead atoms. The maximum Gasteiger partial charge on any atom is 0.505 e. The minimum Gasteiger partial charge on any atom is -0.327 e. The van der Waals surface area contributed by atoms with Gasteiger partial charge in [-0.05, 0) is 54.6 Å². The number of carbonyl (C=O) groups excluding carboxylic acids is 1. The lowest BCUT2D eigenvalue weighted by molar-refractivity contribution is -0.122. The van der Waals surface area contributed by atoms with E-state index < -0.39 is 41.5 Å². The molecule has 13 nitrogen and oxygen atoms in total. The first-order valence-corrected chi connectivity index (χ1v) is 14.3. The molecule has 39 heavy (non-hydrogen) atoms. The number of benzene rings is 3. The van der Waals surface area contributed by atoms with E-state index in [0.717, 1.165) is 22.8 Å². The normalized spacial score (nSPS) is 11.9. The van der Waals surface area contributed by atoms with Crippen LogP contribution in [0.1, 0.15) is 0 Å². The molecule has 4 aromatic rings. The monoisotopic (exact) mass is 615 g/mol. The van der Waals surface area contributed by atoms with Crippen LogP contribution in [0.15, 0.2) is 81.2 Å². The van der Waals surface area contributed by atoms with Gasteiger partial charge in [-0.15, -0.1) is 3.97 Å². The number of nitrogens with zero attached hydrogens (tertiary/aromatic N) is 2. The molecule has 3 aromatic carbocycles. The Morgan fingerprint density at radius 2 is 1.64 bits per heavy atom. The summed E-state index contributed by atoms with van der Waals surface area (Å²) < 4.78 is 42.2. The summed E-state index contributed by atoms with van der Waals surface area (Å²) in [6, 6.07) is 13.8. The standard InChI is InChI=1S/C22H16Cl2N3O10PS/c23-13-4-7-17(8-5-13)39(34,35)27-21(29)18-9-6-14(24)10-19(18)26(22(27)30)12-20(28)25-15-2-1-3-16(11-15)36-37-38(31,32)33/h1-11H,12H2,(H,25,28)(H2,31,32,33). The molecule has 0 spiro atoms. The fraction of sp³-hybridized carbons (Fsp3) is 0.0455. The van der Waals surface area contributed by atoms with Crippen LogP contribution in [-0.2, 0) is 30.6 Å². The highest BCUT2D eigenvalue weighted by Gasteiger charge is 2.26. The highest BCUT2D eigenvalue weighted by molar-refractivity contribution is 7.90. The van der Waals surface area contributed by atoms with Crippen molar-refractivity contribution in [3.05, 3.63) is 97.6 Å². The van der Waals surface area contributed by atoms with Gasteiger partial charge in [-0.3, -0.25) is 14.2 Å². The zero-order valence-electron chi connectivity index (χ0n) is 19.2. The molecule has 0 aliphatic heterocycles. The van der Waals surface area contributed by atoms with Gasteiger partial charge in [0.25, 0.3) is 15.6 Å². The van der Waals surface area contributed by atoms with Crippen LogP contribution in [0.4, 0.5) is 5.69 Å². The molecule has 0 radical (unpaired) electrons. The van der Waals surface area contributed by atoms with E-state index >= 15 is 0 Å². The van der Waals surface area contributed by atoms with Crippen molar-refractivity contribution in [2.24, 2.45) is 0 Å². The molecule has 1 heterocycles. The van der Waals surface area contributed by atoms with E-state index in [1.54, 1.807) is 0 Å². The number of hydrogen-bond acceptors (Lipinski definition) is 8. The number of fused-ring (bicyclic) bond motifs is 1. The van der Waals surface area contributed by atoms with Crippen molar-refractivity contribution in [3.63, 3.8) is 0 Å². The average molecular weight is 616 g/mol. The fourth-order valence-corrected chi connectivity index (χ4v) is 5.24. The van der Waals surface area contributed by atoms with Crippen molar-refractivity contribution in [2.75, 3.05) is 5.32 Å². The first-order valence-electron chi connectivity index (χ1n) is 10.5. The molecule has 1 amide bonds. The van der Waals surface area contributed by atoms with E-state index in [0.29, 0.717) is 0 Å². The lowest BCUT2D eigenvalue weighted by Crippen LogP contribution is -2.45. The number of halogens is 2. The molecule has 204 valence electrons. The van der Waals surface area contributed by atoms with Crippen LogP contribution in [0.5, 0.6) is 5.75 Å². The third kappa shape index (κ3) is 6.40. The van der Waals surface area contributed by atoms with Crippen LogP contribution in [0, 0.1) is 0 Å². The van der Waals surface area contributed by atoms with Gasteiger partial charge in [0.1, 0.15) is 6.54 Å². The quantitative estimate of drug-likeness (QED) is 0.151. The SMILES string of the molecule is O=C(Cn1c(=O)n(S(=O)(=O)c2ccc(Cl)cc2)c(=O)c2ccc(Cl)cc21)Nc1cccc(OOP(=O)(O)O)c1. The number of phosphoric acid groups is 1. The molecule has 0 aliphatic carbocycles. The van der Waals surface area contributed by atoms with Crippen LogP contribution in [0.3, 0.4) is 0 Å². The first kappa shape index (κ1) is 28.5. The predicted molar refractivity (Wildman–Crippen MR) is 140 cm³/mol. The zero-order chi connectivity index (χ0) is 28.5. The molecule has 3 N–H and O–H groups in total. The Hall–Kier alpha value is -3.49. The molecule has 0 unspecified atom stereocenters. The maximum atomic E-state index is 13.4. The highest BCUT2D eigenvalue weighted by atomic mass is 35.5. The maximum absolute atomic E-state index is 13.4. The van der Waals surface area contributed by atoms with Crippen molar-refractivity contribution >= 4 is 63.5 Å². The topological polar surface area (TPSA) is 183 Å².